The highest BCUT2D eigenvalue weighted by molar-refractivity contribution is 5.95. The molecule has 0 bridgehead atoms. The molecule has 2 aromatic rings. The molecule has 1 atom stereocenters. The number of nitrogens with two attached hydrogens (primary N) is 1. The summed E-state index contributed by atoms with van der Waals surface area (Å²) in [6.07, 6.45) is 2.65. The van der Waals surface area contributed by atoms with Crippen molar-refractivity contribution in [1.82, 2.24) is 5.32 Å². The molecule has 2 aromatic carbocycles. The van der Waals surface area contributed by atoms with E-state index in [0.29, 0.717) is 5.56 Å². The largest absolute Gasteiger partial charge is 0.469 e. The molecule has 26 heavy (non-hydrogen) atoms. The summed E-state index contributed by atoms with van der Waals surface area (Å²) >= 11 is 0. The van der Waals surface area contributed by atoms with Gasteiger partial charge >= 0.3 is 5.97 Å². The SMILES string of the molecule is CCCCc1ccc(-c2ccc(C(=O)N[C@@H](N)CC(=O)OC)cc2)cc1. The van der Waals surface area contributed by atoms with E-state index in [-0.39, 0.29) is 12.3 Å². The van der Waals surface area contributed by atoms with Crippen molar-refractivity contribution in [3.05, 3.63) is 59.7 Å². The molecule has 0 saturated heterocycles. The highest BCUT2D eigenvalue weighted by Gasteiger charge is 2.14. The van der Waals surface area contributed by atoms with Gasteiger partial charge in [0.05, 0.1) is 19.7 Å². The molecule has 0 unspecified atom stereocenters. The first-order valence-corrected chi connectivity index (χ1v) is 8.86. The summed E-state index contributed by atoms with van der Waals surface area (Å²) in [4.78, 5) is 23.3. The monoisotopic (exact) mass is 354 g/mol. The number of benzene rings is 2. The Hall–Kier alpha value is -2.66. The lowest BCUT2D eigenvalue weighted by Gasteiger charge is -2.13. The van der Waals surface area contributed by atoms with Crippen LogP contribution in [0.4, 0.5) is 0 Å². The van der Waals surface area contributed by atoms with E-state index in [9.17, 15) is 9.59 Å². The third kappa shape index (κ3) is 5.70. The van der Waals surface area contributed by atoms with Crippen molar-refractivity contribution in [3.63, 3.8) is 0 Å². The Morgan fingerprint density at radius 1 is 1.04 bits per heavy atom. The maximum absolute atomic E-state index is 12.2. The van der Waals surface area contributed by atoms with Crippen LogP contribution in [0, 0.1) is 0 Å². The van der Waals surface area contributed by atoms with Crippen molar-refractivity contribution in [3.8, 4) is 11.1 Å². The quantitative estimate of drug-likeness (QED) is 0.563. The van der Waals surface area contributed by atoms with Gasteiger partial charge in [0.25, 0.3) is 5.91 Å². The van der Waals surface area contributed by atoms with E-state index < -0.39 is 12.1 Å². The maximum atomic E-state index is 12.2. The van der Waals surface area contributed by atoms with Crippen LogP contribution in [0.25, 0.3) is 11.1 Å². The lowest BCUT2D eigenvalue weighted by molar-refractivity contribution is -0.141. The zero-order valence-corrected chi connectivity index (χ0v) is 15.3. The standard InChI is InChI=1S/C21H26N2O3/c1-3-4-5-15-6-8-16(9-7-15)17-10-12-18(13-11-17)21(25)23-19(22)14-20(24)26-2/h6-13,19H,3-5,14,22H2,1-2H3,(H,23,25)/t19-/m1/s1. The van der Waals surface area contributed by atoms with Gasteiger partial charge < -0.3 is 15.8 Å². The van der Waals surface area contributed by atoms with Gasteiger partial charge in [-0.1, -0.05) is 49.7 Å². The van der Waals surface area contributed by atoms with Crippen molar-refractivity contribution < 1.29 is 14.3 Å². The first kappa shape index (κ1) is 19.7. The first-order chi connectivity index (χ1) is 12.5. The minimum Gasteiger partial charge on any atom is -0.469 e. The molecule has 0 aliphatic heterocycles. The van der Waals surface area contributed by atoms with E-state index in [2.05, 4.69) is 41.2 Å². The van der Waals surface area contributed by atoms with Gasteiger partial charge in [0.1, 0.15) is 0 Å². The van der Waals surface area contributed by atoms with Gasteiger partial charge in [0.15, 0.2) is 0 Å². The minimum absolute atomic E-state index is 0.0648. The van der Waals surface area contributed by atoms with Crippen LogP contribution < -0.4 is 11.1 Å². The van der Waals surface area contributed by atoms with Gasteiger partial charge in [0, 0.05) is 5.56 Å². The third-order valence-electron chi connectivity index (χ3n) is 4.18. The molecule has 0 radical (unpaired) electrons. The predicted molar refractivity (Wildman–Crippen MR) is 103 cm³/mol. The first-order valence-electron chi connectivity index (χ1n) is 8.86. The molecule has 0 spiro atoms. The van der Waals surface area contributed by atoms with E-state index in [0.717, 1.165) is 17.5 Å². The summed E-state index contributed by atoms with van der Waals surface area (Å²) < 4.78 is 4.53. The number of unbranched alkanes of at least 4 members (excludes halogenated alkanes) is 1. The minimum atomic E-state index is -0.773. The van der Waals surface area contributed by atoms with Crippen LogP contribution in [-0.4, -0.2) is 25.2 Å². The van der Waals surface area contributed by atoms with Gasteiger partial charge in [-0.2, -0.15) is 0 Å². The second kappa shape index (κ2) is 9.73. The number of methoxy groups -OCH3 is 1. The van der Waals surface area contributed by atoms with Crippen molar-refractivity contribution in [1.29, 1.82) is 0 Å². The Kier molecular flexibility index (Phi) is 7.36. The van der Waals surface area contributed by atoms with Crippen LogP contribution in [0.15, 0.2) is 48.5 Å². The van der Waals surface area contributed by atoms with E-state index >= 15 is 0 Å². The lowest BCUT2D eigenvalue weighted by atomic mass is 10.0. The van der Waals surface area contributed by atoms with E-state index in [4.69, 9.17) is 5.73 Å². The number of rotatable bonds is 8. The number of esters is 1. The summed E-state index contributed by atoms with van der Waals surface area (Å²) in [5.41, 5.74) is 9.71. The fraction of sp³-hybridized carbons (Fsp3) is 0.333. The molecule has 1 amide bonds. The zero-order chi connectivity index (χ0) is 18.9. The number of hydrogen-bond donors (Lipinski definition) is 2. The van der Waals surface area contributed by atoms with Crippen molar-refractivity contribution >= 4 is 11.9 Å². The summed E-state index contributed by atoms with van der Waals surface area (Å²) in [5, 5.41) is 2.59. The highest BCUT2D eigenvalue weighted by Crippen LogP contribution is 2.21. The molecule has 0 aromatic heterocycles. The van der Waals surface area contributed by atoms with Gasteiger partial charge in [-0.25, -0.2) is 0 Å². The predicted octanol–water partition coefficient (Wildman–Crippen LogP) is 3.27. The molecule has 0 saturated carbocycles. The third-order valence-corrected chi connectivity index (χ3v) is 4.18. The number of hydrogen-bond acceptors (Lipinski definition) is 4. The van der Waals surface area contributed by atoms with Gasteiger partial charge in [-0.05, 0) is 41.7 Å². The molecule has 5 heteroatoms. The van der Waals surface area contributed by atoms with Crippen LogP contribution in [-0.2, 0) is 16.0 Å². The normalized spacial score (nSPS) is 11.7. The molecular weight excluding hydrogens is 328 g/mol. The highest BCUT2D eigenvalue weighted by atomic mass is 16.5. The molecule has 138 valence electrons. The lowest BCUT2D eigenvalue weighted by Crippen LogP contribution is -2.43. The number of carbonyl (C=O) groups is 2. The summed E-state index contributed by atoms with van der Waals surface area (Å²) in [5.74, 6) is -0.779. The number of carbonyl (C=O) groups excluding carboxylic acids is 2. The van der Waals surface area contributed by atoms with Gasteiger partial charge in [0.2, 0.25) is 0 Å². The van der Waals surface area contributed by atoms with E-state index in [1.54, 1.807) is 12.1 Å². The Bertz CT molecular complexity index is 724. The Morgan fingerprint density at radius 3 is 2.15 bits per heavy atom. The molecule has 0 aliphatic rings. The fourth-order valence-corrected chi connectivity index (χ4v) is 2.62. The van der Waals surface area contributed by atoms with Crippen molar-refractivity contribution in [2.45, 2.75) is 38.8 Å². The van der Waals surface area contributed by atoms with Crippen molar-refractivity contribution in [2.75, 3.05) is 7.11 Å². The van der Waals surface area contributed by atoms with E-state index in [1.807, 2.05) is 12.1 Å². The van der Waals surface area contributed by atoms with E-state index in [1.165, 1.54) is 25.5 Å². The molecule has 2 rings (SSSR count). The Balaban J connectivity index is 1.98. The smallest absolute Gasteiger partial charge is 0.308 e. The maximum Gasteiger partial charge on any atom is 0.308 e. The molecule has 5 nitrogen and oxygen atoms in total. The average molecular weight is 354 g/mol. The number of aryl methyl sites for hydroxylation is 1. The summed E-state index contributed by atoms with van der Waals surface area (Å²) in [7, 11) is 1.28. The van der Waals surface area contributed by atoms with Crippen LogP contribution in [0.5, 0.6) is 0 Å². The number of amides is 1. The molecule has 0 aliphatic carbocycles. The molecular formula is C21H26N2O3. The average Bonchev–Trinajstić information content (AvgIpc) is 2.66. The van der Waals surface area contributed by atoms with Crippen LogP contribution in [0.2, 0.25) is 0 Å². The van der Waals surface area contributed by atoms with Crippen LogP contribution in [0.3, 0.4) is 0 Å². The van der Waals surface area contributed by atoms with Crippen LogP contribution in [0.1, 0.15) is 42.1 Å². The summed E-state index contributed by atoms with van der Waals surface area (Å²) in [6, 6.07) is 15.8. The number of ether oxygens (including phenoxy) is 1. The molecule has 0 fully saturated rings. The van der Waals surface area contributed by atoms with Crippen LogP contribution >= 0.6 is 0 Å². The fourth-order valence-electron chi connectivity index (χ4n) is 2.62. The zero-order valence-electron chi connectivity index (χ0n) is 15.3. The Labute approximate surface area is 154 Å². The second-order valence-electron chi connectivity index (χ2n) is 6.24. The van der Waals surface area contributed by atoms with Gasteiger partial charge in [-0.15, -0.1) is 0 Å². The van der Waals surface area contributed by atoms with Gasteiger partial charge in [-0.3, -0.25) is 9.59 Å². The van der Waals surface area contributed by atoms with Crippen molar-refractivity contribution in [2.24, 2.45) is 5.73 Å². The molecule has 3 N–H and O–H groups in total. The second-order valence-corrected chi connectivity index (χ2v) is 6.24. The summed E-state index contributed by atoms with van der Waals surface area (Å²) in [6.45, 7) is 2.19. The Morgan fingerprint density at radius 2 is 1.62 bits per heavy atom. The topological polar surface area (TPSA) is 81.4 Å². The number of nitrogens with one attached hydrogen (secondary N) is 1. The molecule has 0 heterocycles.